The first-order valence-electron chi connectivity index (χ1n) is 6.04. The second-order valence-electron chi connectivity index (χ2n) is 4.80. The molecule has 0 bridgehead atoms. The van der Waals surface area contributed by atoms with Crippen molar-refractivity contribution in [3.63, 3.8) is 0 Å². The van der Waals surface area contributed by atoms with E-state index in [2.05, 4.69) is 18.9 Å². The van der Waals surface area contributed by atoms with Crippen molar-refractivity contribution in [1.29, 1.82) is 0 Å². The molecule has 92 valence electrons. The van der Waals surface area contributed by atoms with Gasteiger partial charge in [-0.2, -0.15) is 0 Å². The van der Waals surface area contributed by atoms with Crippen LogP contribution in [-0.4, -0.2) is 16.3 Å². The third kappa shape index (κ3) is 2.26. The zero-order valence-corrected chi connectivity index (χ0v) is 10.4. The van der Waals surface area contributed by atoms with Crippen molar-refractivity contribution in [2.75, 3.05) is 6.54 Å². The van der Waals surface area contributed by atoms with Gasteiger partial charge in [-0.3, -0.25) is 14.6 Å². The van der Waals surface area contributed by atoms with E-state index in [9.17, 15) is 4.79 Å². The Morgan fingerprint density at radius 3 is 2.82 bits per heavy atom. The molecule has 0 aliphatic heterocycles. The molecular formula is C13H19N3O. The summed E-state index contributed by atoms with van der Waals surface area (Å²) >= 11 is 0. The Labute approximate surface area is 100 Å². The van der Waals surface area contributed by atoms with Crippen molar-refractivity contribution in [1.82, 2.24) is 9.78 Å². The van der Waals surface area contributed by atoms with E-state index in [0.717, 1.165) is 29.4 Å². The third-order valence-electron chi connectivity index (χ3n) is 2.83. The fourth-order valence-electron chi connectivity index (χ4n) is 2.13. The van der Waals surface area contributed by atoms with Gasteiger partial charge in [0.05, 0.1) is 10.9 Å². The number of nitrogens with one attached hydrogen (secondary N) is 1. The highest BCUT2D eigenvalue weighted by atomic mass is 16.1. The van der Waals surface area contributed by atoms with Gasteiger partial charge in [0.15, 0.2) is 0 Å². The molecular weight excluding hydrogens is 214 g/mol. The van der Waals surface area contributed by atoms with Gasteiger partial charge in [-0.05, 0) is 30.5 Å². The van der Waals surface area contributed by atoms with E-state index in [0.29, 0.717) is 12.5 Å². The number of nitrogens with two attached hydrogens (primary N) is 1. The topological polar surface area (TPSA) is 63.8 Å². The summed E-state index contributed by atoms with van der Waals surface area (Å²) in [7, 11) is 0. The predicted molar refractivity (Wildman–Crippen MR) is 70.2 cm³/mol. The normalized spacial score (nSPS) is 11.5. The van der Waals surface area contributed by atoms with E-state index in [4.69, 9.17) is 5.73 Å². The Balaban J connectivity index is 2.57. The number of nitrogens with zero attached hydrogens (tertiary/aromatic N) is 1. The Morgan fingerprint density at radius 1 is 1.41 bits per heavy atom. The van der Waals surface area contributed by atoms with Crippen LogP contribution in [0.4, 0.5) is 0 Å². The number of rotatable bonds is 4. The van der Waals surface area contributed by atoms with E-state index >= 15 is 0 Å². The van der Waals surface area contributed by atoms with Crippen molar-refractivity contribution >= 4 is 10.9 Å². The lowest BCUT2D eigenvalue weighted by molar-refractivity contribution is 0.476. The van der Waals surface area contributed by atoms with Crippen LogP contribution < -0.4 is 11.3 Å². The number of H-pyrrole nitrogens is 1. The molecule has 0 fully saturated rings. The highest BCUT2D eigenvalue weighted by Crippen LogP contribution is 2.14. The lowest BCUT2D eigenvalue weighted by atomic mass is 10.1. The minimum Gasteiger partial charge on any atom is -0.330 e. The summed E-state index contributed by atoms with van der Waals surface area (Å²) < 4.78 is 1.69. The van der Waals surface area contributed by atoms with Crippen LogP contribution in [0.1, 0.15) is 19.4 Å². The summed E-state index contributed by atoms with van der Waals surface area (Å²) in [5.41, 5.74) is 7.58. The molecule has 0 atom stereocenters. The summed E-state index contributed by atoms with van der Waals surface area (Å²) in [6.07, 6.45) is 0.742. The first kappa shape index (κ1) is 11.9. The van der Waals surface area contributed by atoms with Crippen LogP contribution in [0.2, 0.25) is 0 Å². The average molecular weight is 233 g/mol. The molecule has 0 amide bonds. The van der Waals surface area contributed by atoms with Crippen LogP contribution in [-0.2, 0) is 13.0 Å². The third-order valence-corrected chi connectivity index (χ3v) is 2.83. The summed E-state index contributed by atoms with van der Waals surface area (Å²) in [6, 6.07) is 5.88. The van der Waals surface area contributed by atoms with Gasteiger partial charge in [-0.25, -0.2) is 0 Å². The Hall–Kier alpha value is -1.55. The molecule has 3 N–H and O–H groups in total. The Bertz CT molecular complexity index is 566. The molecule has 1 heterocycles. The van der Waals surface area contributed by atoms with Gasteiger partial charge in [0.25, 0.3) is 5.56 Å². The monoisotopic (exact) mass is 233 g/mol. The number of hydrogen-bond donors (Lipinski definition) is 2. The summed E-state index contributed by atoms with van der Waals surface area (Å²) in [6.45, 7) is 5.47. The highest BCUT2D eigenvalue weighted by Gasteiger charge is 2.10. The molecule has 17 heavy (non-hydrogen) atoms. The van der Waals surface area contributed by atoms with Gasteiger partial charge in [-0.15, -0.1) is 0 Å². The van der Waals surface area contributed by atoms with Crippen molar-refractivity contribution in [3.05, 3.63) is 34.1 Å². The SMILES string of the molecule is CC(C)Cn1[nH]c2cccc(CCN)c2c1=O. The van der Waals surface area contributed by atoms with Crippen LogP contribution in [0.3, 0.4) is 0 Å². The molecule has 4 heteroatoms. The van der Waals surface area contributed by atoms with Gasteiger partial charge >= 0.3 is 0 Å². The van der Waals surface area contributed by atoms with Crippen LogP contribution in [0.15, 0.2) is 23.0 Å². The first-order chi connectivity index (χ1) is 8.13. The van der Waals surface area contributed by atoms with Gasteiger partial charge in [-0.1, -0.05) is 26.0 Å². The standard InChI is InChI=1S/C13H19N3O/c1-9(2)8-16-13(17)12-10(6-7-14)4-3-5-11(12)15-16/h3-5,9,15H,6-8,14H2,1-2H3. The van der Waals surface area contributed by atoms with Crippen molar-refractivity contribution in [3.8, 4) is 0 Å². The van der Waals surface area contributed by atoms with Gasteiger partial charge in [0, 0.05) is 6.54 Å². The quantitative estimate of drug-likeness (QED) is 0.840. The second-order valence-corrected chi connectivity index (χ2v) is 4.80. The molecule has 2 aromatic rings. The largest absolute Gasteiger partial charge is 0.330 e. The van der Waals surface area contributed by atoms with Gasteiger partial charge in [0.1, 0.15) is 0 Å². The maximum Gasteiger partial charge on any atom is 0.274 e. The fourth-order valence-corrected chi connectivity index (χ4v) is 2.13. The average Bonchev–Trinajstić information content (AvgIpc) is 2.57. The summed E-state index contributed by atoms with van der Waals surface area (Å²) in [5, 5.41) is 3.95. The van der Waals surface area contributed by atoms with Crippen molar-refractivity contribution in [2.45, 2.75) is 26.8 Å². The lowest BCUT2D eigenvalue weighted by Crippen LogP contribution is -2.20. The number of hydrogen-bond acceptors (Lipinski definition) is 2. The highest BCUT2D eigenvalue weighted by molar-refractivity contribution is 5.81. The first-order valence-corrected chi connectivity index (χ1v) is 6.04. The molecule has 0 aliphatic carbocycles. The zero-order chi connectivity index (χ0) is 12.4. The van der Waals surface area contributed by atoms with E-state index in [1.807, 2.05) is 18.2 Å². The van der Waals surface area contributed by atoms with Gasteiger partial charge in [0.2, 0.25) is 0 Å². The zero-order valence-electron chi connectivity index (χ0n) is 10.4. The van der Waals surface area contributed by atoms with Gasteiger partial charge < -0.3 is 5.73 Å². The number of fused-ring (bicyclic) bond motifs is 1. The minimum atomic E-state index is 0.0674. The van der Waals surface area contributed by atoms with Crippen LogP contribution in [0.5, 0.6) is 0 Å². The molecule has 2 rings (SSSR count). The Morgan fingerprint density at radius 2 is 2.18 bits per heavy atom. The predicted octanol–water partition coefficient (Wildman–Crippen LogP) is 1.49. The second kappa shape index (κ2) is 4.75. The van der Waals surface area contributed by atoms with Crippen molar-refractivity contribution < 1.29 is 0 Å². The molecule has 0 radical (unpaired) electrons. The number of aromatic amines is 1. The van der Waals surface area contributed by atoms with E-state index < -0.39 is 0 Å². The molecule has 1 aromatic carbocycles. The molecule has 0 aliphatic rings. The van der Waals surface area contributed by atoms with Crippen LogP contribution in [0.25, 0.3) is 10.9 Å². The lowest BCUT2D eigenvalue weighted by Gasteiger charge is -2.03. The van der Waals surface area contributed by atoms with E-state index in [1.165, 1.54) is 0 Å². The fraction of sp³-hybridized carbons (Fsp3) is 0.462. The molecule has 4 nitrogen and oxygen atoms in total. The maximum atomic E-state index is 12.3. The molecule has 0 saturated carbocycles. The number of aromatic nitrogens is 2. The summed E-state index contributed by atoms with van der Waals surface area (Å²) in [5.74, 6) is 0.443. The van der Waals surface area contributed by atoms with Crippen LogP contribution >= 0.6 is 0 Å². The Kier molecular flexibility index (Phi) is 3.33. The smallest absolute Gasteiger partial charge is 0.274 e. The van der Waals surface area contributed by atoms with E-state index in [1.54, 1.807) is 4.68 Å². The van der Waals surface area contributed by atoms with Crippen molar-refractivity contribution in [2.24, 2.45) is 11.7 Å². The molecule has 1 aromatic heterocycles. The van der Waals surface area contributed by atoms with Crippen LogP contribution in [0, 0.1) is 5.92 Å². The summed E-state index contributed by atoms with van der Waals surface area (Å²) in [4.78, 5) is 12.3. The molecule has 0 saturated heterocycles. The maximum absolute atomic E-state index is 12.3. The minimum absolute atomic E-state index is 0.0674. The molecule has 0 unspecified atom stereocenters. The van der Waals surface area contributed by atoms with E-state index in [-0.39, 0.29) is 5.56 Å². The number of benzene rings is 1. The molecule has 0 spiro atoms.